The Morgan fingerprint density at radius 1 is 1.58 bits per heavy atom. The summed E-state index contributed by atoms with van der Waals surface area (Å²) in [5.74, 6) is 0.238. The van der Waals surface area contributed by atoms with Crippen LogP contribution in [0.4, 0.5) is 5.69 Å². The standard InChI is InChI=1S/C12H15N5OS/c13-9-10(7-1-2-7)16-17-11(9)12(18)15-4-3-8-14-5-6-19-8/h5-7H,1-4,13H2,(H,15,18)(H,16,17). The second-order valence-corrected chi connectivity index (χ2v) is 5.58. The van der Waals surface area contributed by atoms with Gasteiger partial charge in [0, 0.05) is 30.5 Å². The molecular formula is C12H15N5OS. The average molecular weight is 277 g/mol. The number of nitrogens with zero attached hydrogens (tertiary/aromatic N) is 2. The first kappa shape index (κ1) is 12.2. The van der Waals surface area contributed by atoms with Crippen LogP contribution < -0.4 is 11.1 Å². The molecule has 0 saturated heterocycles. The van der Waals surface area contributed by atoms with Gasteiger partial charge < -0.3 is 11.1 Å². The highest BCUT2D eigenvalue weighted by atomic mass is 32.1. The van der Waals surface area contributed by atoms with E-state index in [2.05, 4.69) is 20.5 Å². The van der Waals surface area contributed by atoms with Crippen LogP contribution in [-0.2, 0) is 6.42 Å². The molecule has 7 heteroatoms. The summed E-state index contributed by atoms with van der Waals surface area (Å²) in [4.78, 5) is 16.1. The molecule has 0 aromatic carbocycles. The number of aromatic amines is 1. The molecule has 0 radical (unpaired) electrons. The van der Waals surface area contributed by atoms with Crippen molar-refractivity contribution in [3.8, 4) is 0 Å². The van der Waals surface area contributed by atoms with Gasteiger partial charge >= 0.3 is 0 Å². The number of carbonyl (C=O) groups excluding carboxylic acids is 1. The van der Waals surface area contributed by atoms with E-state index in [0.29, 0.717) is 23.8 Å². The van der Waals surface area contributed by atoms with Gasteiger partial charge in [0.25, 0.3) is 5.91 Å². The van der Waals surface area contributed by atoms with Crippen molar-refractivity contribution in [2.24, 2.45) is 0 Å². The molecule has 1 saturated carbocycles. The molecule has 3 rings (SSSR count). The van der Waals surface area contributed by atoms with Crippen LogP contribution >= 0.6 is 11.3 Å². The Kier molecular flexibility index (Phi) is 3.20. The molecule has 0 aliphatic heterocycles. The second kappa shape index (κ2) is 5.00. The molecule has 2 heterocycles. The summed E-state index contributed by atoms with van der Waals surface area (Å²) < 4.78 is 0. The molecule has 0 spiro atoms. The van der Waals surface area contributed by atoms with Crippen LogP contribution in [0.15, 0.2) is 11.6 Å². The number of thiazole rings is 1. The first-order valence-corrected chi connectivity index (χ1v) is 7.14. The average Bonchev–Trinajstić information content (AvgIpc) is 2.96. The number of aromatic nitrogens is 3. The van der Waals surface area contributed by atoms with Gasteiger partial charge in [0.05, 0.1) is 16.4 Å². The van der Waals surface area contributed by atoms with Gasteiger partial charge in [-0.3, -0.25) is 9.89 Å². The van der Waals surface area contributed by atoms with Crippen LogP contribution in [0.3, 0.4) is 0 Å². The minimum absolute atomic E-state index is 0.225. The lowest BCUT2D eigenvalue weighted by atomic mass is 10.2. The fourth-order valence-electron chi connectivity index (χ4n) is 1.96. The predicted molar refractivity (Wildman–Crippen MR) is 73.1 cm³/mol. The number of nitrogens with two attached hydrogens (primary N) is 1. The molecule has 1 amide bonds. The minimum atomic E-state index is -0.225. The largest absolute Gasteiger partial charge is 0.395 e. The van der Waals surface area contributed by atoms with Crippen LogP contribution in [0.1, 0.15) is 39.9 Å². The molecule has 1 fully saturated rings. The van der Waals surface area contributed by atoms with Gasteiger partial charge in [0.2, 0.25) is 0 Å². The van der Waals surface area contributed by atoms with E-state index in [0.717, 1.165) is 30.0 Å². The number of H-pyrrole nitrogens is 1. The zero-order chi connectivity index (χ0) is 13.2. The van der Waals surface area contributed by atoms with Gasteiger partial charge in [-0.25, -0.2) is 4.98 Å². The quantitative estimate of drug-likeness (QED) is 0.767. The Labute approximate surface area is 114 Å². The summed E-state index contributed by atoms with van der Waals surface area (Å²) in [6, 6.07) is 0. The lowest BCUT2D eigenvalue weighted by Gasteiger charge is -2.02. The highest BCUT2D eigenvalue weighted by Gasteiger charge is 2.30. The molecule has 6 nitrogen and oxygen atoms in total. The third-order valence-corrected chi connectivity index (χ3v) is 3.98. The van der Waals surface area contributed by atoms with Crippen molar-refractivity contribution in [1.82, 2.24) is 20.5 Å². The maximum absolute atomic E-state index is 12.0. The van der Waals surface area contributed by atoms with Gasteiger partial charge in [-0.15, -0.1) is 11.3 Å². The molecule has 0 atom stereocenters. The summed E-state index contributed by atoms with van der Waals surface area (Å²) >= 11 is 1.58. The van der Waals surface area contributed by atoms with E-state index in [1.807, 2.05) is 5.38 Å². The second-order valence-electron chi connectivity index (χ2n) is 4.61. The van der Waals surface area contributed by atoms with Crippen molar-refractivity contribution in [3.05, 3.63) is 28.0 Å². The Morgan fingerprint density at radius 2 is 2.42 bits per heavy atom. The molecule has 1 aliphatic rings. The molecule has 1 aliphatic carbocycles. The molecule has 100 valence electrons. The third-order valence-electron chi connectivity index (χ3n) is 3.14. The number of hydrogen-bond donors (Lipinski definition) is 3. The molecular weight excluding hydrogens is 262 g/mol. The lowest BCUT2D eigenvalue weighted by Crippen LogP contribution is -2.26. The number of carbonyl (C=O) groups is 1. The van der Waals surface area contributed by atoms with Crippen LogP contribution in [-0.4, -0.2) is 27.6 Å². The van der Waals surface area contributed by atoms with E-state index in [1.54, 1.807) is 17.5 Å². The van der Waals surface area contributed by atoms with Gasteiger partial charge in [-0.2, -0.15) is 5.10 Å². The SMILES string of the molecule is Nc1c(C(=O)NCCc2nccs2)n[nH]c1C1CC1. The summed E-state index contributed by atoms with van der Waals surface area (Å²) in [6.07, 6.45) is 4.73. The zero-order valence-corrected chi connectivity index (χ0v) is 11.2. The zero-order valence-electron chi connectivity index (χ0n) is 10.3. The topological polar surface area (TPSA) is 96.7 Å². The van der Waals surface area contributed by atoms with Crippen molar-refractivity contribution in [2.45, 2.75) is 25.2 Å². The van der Waals surface area contributed by atoms with Crippen LogP contribution in [0.2, 0.25) is 0 Å². The lowest BCUT2D eigenvalue weighted by molar-refractivity contribution is 0.0950. The van der Waals surface area contributed by atoms with Crippen molar-refractivity contribution < 1.29 is 4.79 Å². The maximum Gasteiger partial charge on any atom is 0.273 e. The maximum atomic E-state index is 12.0. The Balaban J connectivity index is 1.57. The molecule has 0 unspecified atom stereocenters. The van der Waals surface area contributed by atoms with Gasteiger partial charge in [0.1, 0.15) is 0 Å². The number of hydrogen-bond acceptors (Lipinski definition) is 5. The Morgan fingerprint density at radius 3 is 3.11 bits per heavy atom. The molecule has 0 bridgehead atoms. The number of nitrogen functional groups attached to an aromatic ring is 1. The molecule has 19 heavy (non-hydrogen) atoms. The van der Waals surface area contributed by atoms with Gasteiger partial charge in [-0.05, 0) is 12.8 Å². The van der Waals surface area contributed by atoms with Gasteiger partial charge in [-0.1, -0.05) is 0 Å². The highest BCUT2D eigenvalue weighted by molar-refractivity contribution is 7.09. The molecule has 2 aromatic heterocycles. The number of nitrogens with one attached hydrogen (secondary N) is 2. The first-order chi connectivity index (χ1) is 9.25. The summed E-state index contributed by atoms with van der Waals surface area (Å²) in [6.45, 7) is 0.539. The van der Waals surface area contributed by atoms with Crippen molar-refractivity contribution in [2.75, 3.05) is 12.3 Å². The van der Waals surface area contributed by atoms with Gasteiger partial charge in [0.15, 0.2) is 5.69 Å². The Bertz CT molecular complexity index is 573. The minimum Gasteiger partial charge on any atom is -0.395 e. The van der Waals surface area contributed by atoms with E-state index in [1.165, 1.54) is 0 Å². The van der Waals surface area contributed by atoms with E-state index in [4.69, 9.17) is 5.73 Å². The Hall–Kier alpha value is -1.89. The predicted octanol–water partition coefficient (Wildman–Crippen LogP) is 1.30. The summed E-state index contributed by atoms with van der Waals surface area (Å²) in [5.41, 5.74) is 7.66. The fraction of sp³-hybridized carbons (Fsp3) is 0.417. The first-order valence-electron chi connectivity index (χ1n) is 6.26. The molecule has 2 aromatic rings. The van der Waals surface area contributed by atoms with E-state index in [-0.39, 0.29) is 5.91 Å². The van der Waals surface area contributed by atoms with Crippen molar-refractivity contribution in [3.63, 3.8) is 0 Å². The van der Waals surface area contributed by atoms with Crippen LogP contribution in [0, 0.1) is 0 Å². The normalized spacial score (nSPS) is 14.5. The highest BCUT2D eigenvalue weighted by Crippen LogP contribution is 2.42. The number of rotatable bonds is 5. The summed E-state index contributed by atoms with van der Waals surface area (Å²) in [7, 11) is 0. The third kappa shape index (κ3) is 2.60. The number of anilines is 1. The monoisotopic (exact) mass is 277 g/mol. The van der Waals surface area contributed by atoms with Crippen LogP contribution in [0.25, 0.3) is 0 Å². The van der Waals surface area contributed by atoms with Crippen molar-refractivity contribution in [1.29, 1.82) is 0 Å². The van der Waals surface area contributed by atoms with Crippen molar-refractivity contribution >= 4 is 22.9 Å². The number of amides is 1. The fourth-order valence-corrected chi connectivity index (χ4v) is 2.58. The summed E-state index contributed by atoms with van der Waals surface area (Å²) in [5, 5.41) is 12.6. The molecule has 4 N–H and O–H groups in total. The van der Waals surface area contributed by atoms with E-state index in [9.17, 15) is 4.79 Å². The smallest absolute Gasteiger partial charge is 0.273 e. The van der Waals surface area contributed by atoms with Crippen LogP contribution in [0.5, 0.6) is 0 Å². The van der Waals surface area contributed by atoms with E-state index >= 15 is 0 Å². The van der Waals surface area contributed by atoms with E-state index < -0.39 is 0 Å².